The van der Waals surface area contributed by atoms with E-state index in [0.29, 0.717) is 24.2 Å². The van der Waals surface area contributed by atoms with Crippen molar-refractivity contribution in [3.63, 3.8) is 0 Å². The summed E-state index contributed by atoms with van der Waals surface area (Å²) < 4.78 is 4.81. The monoisotopic (exact) mass is 266 g/mol. The summed E-state index contributed by atoms with van der Waals surface area (Å²) in [7, 11) is 1.53. The number of nitrogens with two attached hydrogens (primary N) is 1. The maximum Gasteiger partial charge on any atom is 0.251 e. The number of anilines is 1. The van der Waals surface area contributed by atoms with Gasteiger partial charge in [0.2, 0.25) is 0 Å². The van der Waals surface area contributed by atoms with Crippen LogP contribution < -0.4 is 11.1 Å². The Morgan fingerprint density at radius 2 is 2.11 bits per heavy atom. The predicted octanol–water partition coefficient (Wildman–Crippen LogP) is 1.01. The predicted molar refractivity (Wildman–Crippen MR) is 75.2 cm³/mol. The lowest BCUT2D eigenvalue weighted by Gasteiger charge is -2.12. The molecule has 5 nitrogen and oxygen atoms in total. The quantitative estimate of drug-likeness (QED) is 0.671. The Labute approximate surface area is 113 Å². The van der Waals surface area contributed by atoms with Gasteiger partial charge < -0.3 is 20.9 Å². The maximum atomic E-state index is 12.0. The summed E-state index contributed by atoms with van der Waals surface area (Å²) in [5, 5.41) is 12.2. The van der Waals surface area contributed by atoms with Gasteiger partial charge in [0, 0.05) is 24.9 Å². The molecule has 1 amide bonds. The van der Waals surface area contributed by atoms with Crippen molar-refractivity contribution in [1.29, 1.82) is 0 Å². The third kappa shape index (κ3) is 4.54. The average molecular weight is 266 g/mol. The van der Waals surface area contributed by atoms with Gasteiger partial charge in [-0.2, -0.15) is 0 Å². The average Bonchev–Trinajstić information content (AvgIpc) is 2.34. The molecule has 1 unspecified atom stereocenters. The molecule has 1 aromatic carbocycles. The topological polar surface area (TPSA) is 84.6 Å². The molecule has 0 heterocycles. The molecule has 1 atom stereocenters. The molecule has 0 aliphatic carbocycles. The summed E-state index contributed by atoms with van der Waals surface area (Å²) in [4.78, 5) is 12.0. The molecule has 1 aromatic rings. The molecule has 1 rings (SSSR count). The Morgan fingerprint density at radius 3 is 2.74 bits per heavy atom. The minimum absolute atomic E-state index is 0.172. The van der Waals surface area contributed by atoms with Crippen LogP contribution in [0.1, 0.15) is 27.9 Å². The molecule has 0 aliphatic heterocycles. The fourth-order valence-corrected chi connectivity index (χ4v) is 1.84. The van der Waals surface area contributed by atoms with Crippen molar-refractivity contribution in [1.82, 2.24) is 5.32 Å². The highest BCUT2D eigenvalue weighted by Gasteiger charge is 2.11. The summed E-state index contributed by atoms with van der Waals surface area (Å²) in [6.07, 6.45) is -0.102. The molecule has 0 saturated carbocycles. The van der Waals surface area contributed by atoms with Crippen molar-refractivity contribution in [3.8, 4) is 0 Å². The summed E-state index contributed by atoms with van der Waals surface area (Å²) in [5.41, 5.74) is 8.84. The van der Waals surface area contributed by atoms with Crippen molar-refractivity contribution < 1.29 is 14.6 Å². The van der Waals surface area contributed by atoms with E-state index in [9.17, 15) is 9.90 Å². The number of carbonyl (C=O) groups is 1. The first-order valence-electron chi connectivity index (χ1n) is 6.27. The van der Waals surface area contributed by atoms with Gasteiger partial charge in [-0.1, -0.05) is 6.07 Å². The smallest absolute Gasteiger partial charge is 0.251 e. The first-order valence-corrected chi connectivity index (χ1v) is 6.27. The van der Waals surface area contributed by atoms with Gasteiger partial charge in [0.05, 0.1) is 12.7 Å². The van der Waals surface area contributed by atoms with Crippen LogP contribution in [-0.2, 0) is 4.74 Å². The number of carbonyl (C=O) groups excluding carboxylic acids is 1. The Kier molecular flexibility index (Phi) is 5.79. The van der Waals surface area contributed by atoms with Gasteiger partial charge in [-0.25, -0.2) is 0 Å². The number of nitrogens with one attached hydrogen (secondary N) is 1. The first kappa shape index (κ1) is 15.5. The number of hydrogen-bond donors (Lipinski definition) is 3. The molecule has 19 heavy (non-hydrogen) atoms. The number of aliphatic hydroxyl groups is 1. The summed E-state index contributed by atoms with van der Waals surface area (Å²) in [5.74, 6) is -0.172. The van der Waals surface area contributed by atoms with Crippen molar-refractivity contribution in [3.05, 3.63) is 28.8 Å². The standard InChI is InChI=1S/C14H22N2O3/c1-9-6-10(2)13(15)7-12(9)14(18)16-5-4-11(17)8-19-3/h6-7,11,17H,4-5,8,15H2,1-3H3,(H,16,18). The SMILES string of the molecule is COCC(O)CCNC(=O)c1cc(N)c(C)cc1C. The number of aryl methyl sites for hydroxylation is 2. The van der Waals surface area contributed by atoms with Crippen LogP contribution in [0.3, 0.4) is 0 Å². The first-order chi connectivity index (χ1) is 8.95. The summed E-state index contributed by atoms with van der Waals surface area (Å²) in [6.45, 7) is 4.45. The molecule has 0 aromatic heterocycles. The Morgan fingerprint density at radius 1 is 1.42 bits per heavy atom. The maximum absolute atomic E-state index is 12.0. The zero-order valence-electron chi connectivity index (χ0n) is 11.7. The molecule has 5 heteroatoms. The second-order valence-corrected chi connectivity index (χ2v) is 4.68. The van der Waals surface area contributed by atoms with Crippen LogP contribution in [0.4, 0.5) is 5.69 Å². The molecule has 0 bridgehead atoms. The number of hydrogen-bond acceptors (Lipinski definition) is 4. The third-order valence-corrected chi connectivity index (χ3v) is 2.98. The number of amides is 1. The minimum atomic E-state index is -0.561. The van der Waals surface area contributed by atoms with Crippen molar-refractivity contribution in [2.24, 2.45) is 0 Å². The van der Waals surface area contributed by atoms with Crippen LogP contribution in [0.2, 0.25) is 0 Å². The number of rotatable bonds is 6. The molecular weight excluding hydrogens is 244 g/mol. The highest BCUT2D eigenvalue weighted by molar-refractivity contribution is 5.96. The number of aliphatic hydroxyl groups excluding tert-OH is 1. The lowest BCUT2D eigenvalue weighted by Crippen LogP contribution is -2.29. The van der Waals surface area contributed by atoms with Crippen molar-refractivity contribution in [2.75, 3.05) is 26.0 Å². The van der Waals surface area contributed by atoms with E-state index < -0.39 is 6.10 Å². The Balaban J connectivity index is 2.57. The molecular formula is C14H22N2O3. The summed E-state index contributed by atoms with van der Waals surface area (Å²) >= 11 is 0. The Bertz CT molecular complexity index is 447. The molecule has 106 valence electrons. The van der Waals surface area contributed by atoms with Crippen LogP contribution in [0.25, 0.3) is 0 Å². The zero-order valence-corrected chi connectivity index (χ0v) is 11.7. The fourth-order valence-electron chi connectivity index (χ4n) is 1.84. The van der Waals surface area contributed by atoms with Crippen LogP contribution in [0.5, 0.6) is 0 Å². The van der Waals surface area contributed by atoms with Crippen molar-refractivity contribution >= 4 is 11.6 Å². The van der Waals surface area contributed by atoms with Crippen LogP contribution >= 0.6 is 0 Å². The lowest BCUT2D eigenvalue weighted by atomic mass is 10.0. The molecule has 0 saturated heterocycles. The van der Waals surface area contributed by atoms with Gasteiger partial charge in [-0.3, -0.25) is 4.79 Å². The second-order valence-electron chi connectivity index (χ2n) is 4.68. The molecule has 0 spiro atoms. The van der Waals surface area contributed by atoms with Gasteiger partial charge in [0.15, 0.2) is 0 Å². The highest BCUT2D eigenvalue weighted by Crippen LogP contribution is 2.17. The zero-order chi connectivity index (χ0) is 14.4. The van der Waals surface area contributed by atoms with E-state index in [-0.39, 0.29) is 12.5 Å². The van der Waals surface area contributed by atoms with Crippen LogP contribution in [0, 0.1) is 13.8 Å². The van der Waals surface area contributed by atoms with Crippen LogP contribution in [-0.4, -0.2) is 37.4 Å². The summed E-state index contributed by atoms with van der Waals surface area (Å²) in [6, 6.07) is 3.58. The van der Waals surface area contributed by atoms with E-state index in [1.54, 1.807) is 6.07 Å². The molecule has 0 fully saturated rings. The highest BCUT2D eigenvalue weighted by atomic mass is 16.5. The van der Waals surface area contributed by atoms with E-state index in [1.165, 1.54) is 7.11 Å². The molecule has 0 radical (unpaired) electrons. The number of ether oxygens (including phenoxy) is 1. The lowest BCUT2D eigenvalue weighted by molar-refractivity contribution is 0.0587. The fraction of sp³-hybridized carbons (Fsp3) is 0.500. The largest absolute Gasteiger partial charge is 0.398 e. The van der Waals surface area contributed by atoms with E-state index in [1.807, 2.05) is 19.9 Å². The van der Waals surface area contributed by atoms with E-state index in [2.05, 4.69) is 5.32 Å². The van der Waals surface area contributed by atoms with E-state index >= 15 is 0 Å². The minimum Gasteiger partial charge on any atom is -0.398 e. The third-order valence-electron chi connectivity index (χ3n) is 2.98. The van der Waals surface area contributed by atoms with E-state index in [4.69, 9.17) is 10.5 Å². The van der Waals surface area contributed by atoms with Gasteiger partial charge in [0.1, 0.15) is 0 Å². The molecule has 4 N–H and O–H groups in total. The van der Waals surface area contributed by atoms with Crippen LogP contribution in [0.15, 0.2) is 12.1 Å². The van der Waals surface area contributed by atoms with Crippen molar-refractivity contribution in [2.45, 2.75) is 26.4 Å². The van der Waals surface area contributed by atoms with Gasteiger partial charge in [-0.15, -0.1) is 0 Å². The molecule has 0 aliphatic rings. The number of methoxy groups -OCH3 is 1. The number of nitrogen functional groups attached to an aromatic ring is 1. The van der Waals surface area contributed by atoms with Gasteiger partial charge in [-0.05, 0) is 37.5 Å². The second kappa shape index (κ2) is 7.11. The van der Waals surface area contributed by atoms with Gasteiger partial charge in [0.25, 0.3) is 5.91 Å². The Hall–Kier alpha value is -1.59. The van der Waals surface area contributed by atoms with E-state index in [0.717, 1.165) is 11.1 Å². The number of benzene rings is 1. The van der Waals surface area contributed by atoms with Gasteiger partial charge >= 0.3 is 0 Å². The normalized spacial score (nSPS) is 12.2.